The van der Waals surface area contributed by atoms with E-state index in [2.05, 4.69) is 43.4 Å². The molecule has 0 aliphatic rings. The number of hydrogen-bond acceptors (Lipinski definition) is 4. The van der Waals surface area contributed by atoms with E-state index in [9.17, 15) is 9.90 Å². The Bertz CT molecular complexity index is 1270. The van der Waals surface area contributed by atoms with E-state index in [1.807, 2.05) is 30.3 Å². The molecule has 1 heterocycles. The topological polar surface area (TPSA) is 69.6 Å². The molecule has 3 N–H and O–H groups in total. The number of carboxylic acid groups (broad SMARTS) is 1. The van der Waals surface area contributed by atoms with Gasteiger partial charge in [0.1, 0.15) is 5.75 Å². The molecule has 0 saturated heterocycles. The summed E-state index contributed by atoms with van der Waals surface area (Å²) in [6.07, 6.45) is 2.70. The van der Waals surface area contributed by atoms with Crippen molar-refractivity contribution in [3.8, 4) is 16.2 Å². The van der Waals surface area contributed by atoms with Crippen molar-refractivity contribution >= 4 is 44.8 Å². The van der Waals surface area contributed by atoms with Crippen LogP contribution in [0.15, 0.2) is 72.8 Å². The van der Waals surface area contributed by atoms with Gasteiger partial charge in [0.2, 0.25) is 0 Å². The predicted octanol–water partition coefficient (Wildman–Crippen LogP) is 7.24. The number of phenols is 1. The molecule has 0 spiro atoms. The zero-order valence-electron chi connectivity index (χ0n) is 17.3. The Morgan fingerprint density at radius 1 is 1.03 bits per heavy atom. The Hall–Kier alpha value is -3.57. The van der Waals surface area contributed by atoms with Gasteiger partial charge in [0.05, 0.1) is 10.6 Å². The van der Waals surface area contributed by atoms with E-state index in [-0.39, 0.29) is 5.75 Å². The molecule has 4 nitrogen and oxygen atoms in total. The lowest BCUT2D eigenvalue weighted by Crippen LogP contribution is -1.95. The number of benzene rings is 3. The van der Waals surface area contributed by atoms with Crippen LogP contribution in [0.25, 0.3) is 26.6 Å². The number of anilines is 2. The maximum Gasteiger partial charge on any atom is 0.328 e. The summed E-state index contributed by atoms with van der Waals surface area (Å²) in [5, 5.41) is 23.4. The van der Waals surface area contributed by atoms with Crippen LogP contribution in [0.5, 0.6) is 5.75 Å². The van der Waals surface area contributed by atoms with Crippen LogP contribution in [-0.4, -0.2) is 16.2 Å². The van der Waals surface area contributed by atoms with Gasteiger partial charge in [-0.25, -0.2) is 4.79 Å². The largest absolute Gasteiger partial charge is 0.508 e. The Morgan fingerprint density at radius 3 is 2.48 bits per heavy atom. The number of phenolic OH excluding ortho intramolecular Hbond substituents is 1. The lowest BCUT2D eigenvalue weighted by molar-refractivity contribution is -0.131. The summed E-state index contributed by atoms with van der Waals surface area (Å²) in [7, 11) is 0. The van der Waals surface area contributed by atoms with Crippen LogP contribution >= 0.6 is 11.3 Å². The van der Waals surface area contributed by atoms with Crippen molar-refractivity contribution in [1.82, 2.24) is 0 Å². The summed E-state index contributed by atoms with van der Waals surface area (Å²) in [6.45, 7) is 4.38. The molecule has 0 amide bonds. The number of rotatable bonds is 6. The van der Waals surface area contributed by atoms with Gasteiger partial charge in [0, 0.05) is 21.8 Å². The average molecular weight is 430 g/mol. The molecule has 31 heavy (non-hydrogen) atoms. The lowest BCUT2D eigenvalue weighted by Gasteiger charge is -2.14. The number of carbonyl (C=O) groups is 1. The number of aromatic hydroxyl groups is 1. The monoisotopic (exact) mass is 429 g/mol. The zero-order valence-corrected chi connectivity index (χ0v) is 18.1. The van der Waals surface area contributed by atoms with Crippen molar-refractivity contribution in [2.24, 2.45) is 0 Å². The van der Waals surface area contributed by atoms with E-state index in [4.69, 9.17) is 5.11 Å². The summed E-state index contributed by atoms with van der Waals surface area (Å²) in [4.78, 5) is 11.9. The first kappa shape index (κ1) is 20.7. The molecule has 4 aromatic rings. The van der Waals surface area contributed by atoms with Crippen molar-refractivity contribution in [2.75, 3.05) is 5.32 Å². The van der Waals surface area contributed by atoms with Crippen molar-refractivity contribution in [1.29, 1.82) is 0 Å². The summed E-state index contributed by atoms with van der Waals surface area (Å²) in [6, 6.07) is 21.5. The molecular weight excluding hydrogens is 406 g/mol. The van der Waals surface area contributed by atoms with Crippen molar-refractivity contribution in [3.05, 3.63) is 83.9 Å². The number of aliphatic carboxylic acids is 1. The van der Waals surface area contributed by atoms with Gasteiger partial charge in [-0.15, -0.1) is 11.3 Å². The first-order chi connectivity index (χ1) is 14.9. The number of carboxylic acids is 1. The lowest BCUT2D eigenvalue weighted by atomic mass is 9.95. The highest BCUT2D eigenvalue weighted by atomic mass is 32.1. The Kier molecular flexibility index (Phi) is 5.78. The number of hydrogen-bond donors (Lipinski definition) is 3. The molecule has 0 aliphatic heterocycles. The molecule has 5 heteroatoms. The minimum Gasteiger partial charge on any atom is -0.508 e. The number of fused-ring (bicyclic) bond motifs is 1. The van der Waals surface area contributed by atoms with Gasteiger partial charge in [0.15, 0.2) is 0 Å². The van der Waals surface area contributed by atoms with Crippen LogP contribution in [-0.2, 0) is 4.79 Å². The smallest absolute Gasteiger partial charge is 0.328 e. The maximum absolute atomic E-state index is 10.7. The minimum atomic E-state index is -0.969. The number of thiophene rings is 1. The van der Waals surface area contributed by atoms with Crippen LogP contribution in [0.1, 0.15) is 30.9 Å². The van der Waals surface area contributed by atoms with E-state index >= 15 is 0 Å². The second-order valence-electron chi connectivity index (χ2n) is 7.65. The van der Waals surface area contributed by atoms with Gasteiger partial charge in [-0.3, -0.25) is 0 Å². The fourth-order valence-corrected chi connectivity index (χ4v) is 4.83. The van der Waals surface area contributed by atoms with Gasteiger partial charge in [-0.1, -0.05) is 50.2 Å². The molecule has 156 valence electrons. The Labute approximate surface area is 185 Å². The zero-order chi connectivity index (χ0) is 22.0. The van der Waals surface area contributed by atoms with Crippen LogP contribution in [0.3, 0.4) is 0 Å². The molecule has 0 bridgehead atoms. The maximum atomic E-state index is 10.7. The first-order valence-corrected chi connectivity index (χ1v) is 10.9. The van der Waals surface area contributed by atoms with Gasteiger partial charge < -0.3 is 15.5 Å². The molecule has 0 aliphatic carbocycles. The summed E-state index contributed by atoms with van der Waals surface area (Å²) < 4.78 is 1.01. The molecule has 4 rings (SSSR count). The summed E-state index contributed by atoms with van der Waals surface area (Å²) in [5.41, 5.74) is 5.18. The van der Waals surface area contributed by atoms with Gasteiger partial charge in [0.25, 0.3) is 0 Å². The molecule has 0 saturated carbocycles. The normalized spacial score (nSPS) is 11.5. The van der Waals surface area contributed by atoms with Crippen LogP contribution < -0.4 is 5.32 Å². The molecular formula is C26H23NO3S. The third-order valence-corrected chi connectivity index (χ3v) is 6.29. The van der Waals surface area contributed by atoms with E-state index in [1.54, 1.807) is 29.5 Å². The van der Waals surface area contributed by atoms with E-state index in [0.717, 1.165) is 38.0 Å². The molecule has 1 aromatic heterocycles. The Balaban J connectivity index is 1.80. The minimum absolute atomic E-state index is 0.249. The second-order valence-corrected chi connectivity index (χ2v) is 8.70. The van der Waals surface area contributed by atoms with Gasteiger partial charge >= 0.3 is 5.97 Å². The molecule has 3 aromatic carbocycles. The molecule has 0 unspecified atom stereocenters. The third-order valence-electron chi connectivity index (χ3n) is 5.10. The van der Waals surface area contributed by atoms with E-state index in [0.29, 0.717) is 5.92 Å². The van der Waals surface area contributed by atoms with Crippen molar-refractivity contribution < 1.29 is 15.0 Å². The summed E-state index contributed by atoms with van der Waals surface area (Å²) in [5.74, 6) is -0.342. The molecule has 0 radical (unpaired) electrons. The van der Waals surface area contributed by atoms with E-state index < -0.39 is 5.97 Å². The van der Waals surface area contributed by atoms with Gasteiger partial charge in [-0.2, -0.15) is 0 Å². The SMILES string of the molecule is CC(C)c1ccccc1-c1sc2cc(O)ccc2c1Nc1ccc(/C=C/C(=O)O)cc1. The quantitative estimate of drug-likeness (QED) is 0.283. The highest BCUT2D eigenvalue weighted by Gasteiger charge is 2.18. The van der Waals surface area contributed by atoms with Crippen molar-refractivity contribution in [3.63, 3.8) is 0 Å². The first-order valence-electron chi connectivity index (χ1n) is 10.1. The van der Waals surface area contributed by atoms with Crippen LogP contribution in [0.4, 0.5) is 11.4 Å². The average Bonchev–Trinajstić information content (AvgIpc) is 3.10. The molecule has 0 atom stereocenters. The standard InChI is InChI=1S/C26H23NO3S/c1-16(2)20-5-3-4-6-21(20)26-25(22-13-12-19(28)15-23(22)31-26)27-18-10-7-17(8-11-18)9-14-24(29)30/h3-16,27-28H,1-2H3,(H,29,30)/b14-9+. The van der Waals surface area contributed by atoms with E-state index in [1.165, 1.54) is 11.1 Å². The fourth-order valence-electron chi connectivity index (χ4n) is 3.60. The van der Waals surface area contributed by atoms with Crippen LogP contribution in [0.2, 0.25) is 0 Å². The van der Waals surface area contributed by atoms with Gasteiger partial charge in [-0.05, 0) is 59.0 Å². The molecule has 0 fully saturated rings. The van der Waals surface area contributed by atoms with Crippen molar-refractivity contribution in [2.45, 2.75) is 19.8 Å². The number of nitrogens with one attached hydrogen (secondary N) is 1. The fraction of sp³-hybridized carbons (Fsp3) is 0.115. The van der Waals surface area contributed by atoms with Crippen LogP contribution in [0, 0.1) is 0 Å². The second kappa shape index (κ2) is 8.66. The Morgan fingerprint density at radius 2 is 1.77 bits per heavy atom. The predicted molar refractivity (Wildman–Crippen MR) is 129 cm³/mol. The summed E-state index contributed by atoms with van der Waals surface area (Å²) >= 11 is 1.66. The highest BCUT2D eigenvalue weighted by Crippen LogP contribution is 2.46. The third kappa shape index (κ3) is 4.47. The highest BCUT2D eigenvalue weighted by molar-refractivity contribution is 7.23.